The summed E-state index contributed by atoms with van der Waals surface area (Å²) in [6.45, 7) is 4.18. The van der Waals surface area contributed by atoms with Gasteiger partial charge in [-0.3, -0.25) is 0 Å². The van der Waals surface area contributed by atoms with Crippen molar-refractivity contribution in [1.82, 2.24) is 9.97 Å². The molecule has 4 heteroatoms. The van der Waals surface area contributed by atoms with E-state index in [1.807, 2.05) is 0 Å². The molecule has 0 aliphatic rings. The van der Waals surface area contributed by atoms with Crippen LogP contribution in [0.5, 0.6) is 0 Å². The van der Waals surface area contributed by atoms with Crippen LogP contribution in [0, 0.1) is 13.8 Å². The Morgan fingerprint density at radius 1 is 1.12 bits per heavy atom. The van der Waals surface area contributed by atoms with Crippen molar-refractivity contribution in [3.8, 4) is 0 Å². The van der Waals surface area contributed by atoms with Crippen molar-refractivity contribution < 1.29 is 0 Å². The first-order valence-corrected chi connectivity index (χ1v) is 6.07. The zero-order chi connectivity index (χ0) is 11.5. The Hall–Kier alpha value is -1.06. The summed E-state index contributed by atoms with van der Waals surface area (Å²) in [4.78, 5) is 9.22. The maximum atomic E-state index is 5.81. The molecule has 1 aromatic heterocycles. The van der Waals surface area contributed by atoms with E-state index in [4.69, 9.17) is 11.6 Å². The highest BCUT2D eigenvalue weighted by atomic mass is 35.5. The van der Waals surface area contributed by atoms with Gasteiger partial charge in [0, 0.05) is 11.0 Å². The van der Waals surface area contributed by atoms with Gasteiger partial charge in [0.25, 0.3) is 0 Å². The molecular weight excluding hydrogens is 240 g/mol. The van der Waals surface area contributed by atoms with Gasteiger partial charge in [-0.15, -0.1) is 0 Å². The van der Waals surface area contributed by atoms with Gasteiger partial charge in [0.1, 0.15) is 16.5 Å². The molecular formula is C12H11ClN2S. The molecule has 0 aliphatic heterocycles. The number of hydrogen-bond acceptors (Lipinski definition) is 3. The summed E-state index contributed by atoms with van der Waals surface area (Å²) >= 11 is 7.41. The van der Waals surface area contributed by atoms with Gasteiger partial charge in [-0.2, -0.15) is 0 Å². The molecule has 0 bridgehead atoms. The molecule has 0 spiro atoms. The molecule has 0 amide bonds. The van der Waals surface area contributed by atoms with Crippen molar-refractivity contribution in [2.24, 2.45) is 0 Å². The lowest BCUT2D eigenvalue weighted by Gasteiger charge is -2.05. The maximum Gasteiger partial charge on any atom is 0.133 e. The summed E-state index contributed by atoms with van der Waals surface area (Å²) in [5.74, 6) is 0. The second kappa shape index (κ2) is 4.85. The Bertz CT molecular complexity index is 514. The average Bonchev–Trinajstić information content (AvgIpc) is 2.22. The minimum Gasteiger partial charge on any atom is -0.230 e. The van der Waals surface area contributed by atoms with Crippen molar-refractivity contribution in [2.75, 3.05) is 0 Å². The lowest BCUT2D eigenvalue weighted by Crippen LogP contribution is -1.85. The van der Waals surface area contributed by atoms with E-state index in [1.54, 1.807) is 17.8 Å². The smallest absolute Gasteiger partial charge is 0.133 e. The van der Waals surface area contributed by atoms with Gasteiger partial charge in [-0.05, 0) is 25.5 Å². The predicted molar refractivity (Wildman–Crippen MR) is 67.1 cm³/mol. The number of nitrogens with zero attached hydrogens (tertiary/aromatic N) is 2. The van der Waals surface area contributed by atoms with Crippen molar-refractivity contribution in [2.45, 2.75) is 23.8 Å². The third-order valence-corrected chi connectivity index (χ3v) is 3.47. The predicted octanol–water partition coefficient (Wildman–Crippen LogP) is 3.90. The van der Waals surface area contributed by atoms with E-state index >= 15 is 0 Å². The molecule has 0 N–H and O–H groups in total. The first-order valence-electron chi connectivity index (χ1n) is 4.88. The van der Waals surface area contributed by atoms with Gasteiger partial charge in [-0.25, -0.2) is 9.97 Å². The normalized spacial score (nSPS) is 10.4. The Morgan fingerprint density at radius 2 is 1.94 bits per heavy atom. The summed E-state index contributed by atoms with van der Waals surface area (Å²) in [6, 6.07) is 8.13. The molecule has 0 radical (unpaired) electrons. The monoisotopic (exact) mass is 250 g/mol. The zero-order valence-corrected chi connectivity index (χ0v) is 10.6. The van der Waals surface area contributed by atoms with Crippen LogP contribution in [0.15, 0.2) is 40.5 Å². The third kappa shape index (κ3) is 2.74. The second-order valence-electron chi connectivity index (χ2n) is 3.55. The van der Waals surface area contributed by atoms with Gasteiger partial charge in [-0.1, -0.05) is 41.1 Å². The van der Waals surface area contributed by atoms with Gasteiger partial charge in [0.2, 0.25) is 0 Å². The number of aromatic nitrogens is 2. The molecule has 2 aromatic rings. The van der Waals surface area contributed by atoms with Gasteiger partial charge >= 0.3 is 0 Å². The van der Waals surface area contributed by atoms with Crippen LogP contribution in [0.1, 0.15) is 11.1 Å². The summed E-state index contributed by atoms with van der Waals surface area (Å²) in [7, 11) is 0. The quantitative estimate of drug-likeness (QED) is 0.756. The molecule has 1 aromatic carbocycles. The van der Waals surface area contributed by atoms with Crippen LogP contribution in [-0.2, 0) is 0 Å². The fourth-order valence-corrected chi connectivity index (χ4v) is 2.46. The topological polar surface area (TPSA) is 25.8 Å². The molecule has 0 saturated carbocycles. The van der Waals surface area contributed by atoms with Crippen LogP contribution in [0.3, 0.4) is 0 Å². The molecule has 2 rings (SSSR count). The van der Waals surface area contributed by atoms with Crippen molar-refractivity contribution >= 4 is 23.4 Å². The second-order valence-corrected chi connectivity index (χ2v) is 5.00. The first-order chi connectivity index (χ1) is 7.65. The van der Waals surface area contributed by atoms with Gasteiger partial charge in [0.05, 0.1) is 0 Å². The minimum absolute atomic E-state index is 0.474. The van der Waals surface area contributed by atoms with E-state index < -0.39 is 0 Å². The summed E-state index contributed by atoms with van der Waals surface area (Å²) in [6.07, 6.45) is 1.48. The molecule has 0 saturated heterocycles. The van der Waals surface area contributed by atoms with Gasteiger partial charge < -0.3 is 0 Å². The highest BCUT2D eigenvalue weighted by molar-refractivity contribution is 7.99. The summed E-state index contributed by atoms with van der Waals surface area (Å²) in [5, 5.41) is 1.34. The van der Waals surface area contributed by atoms with E-state index in [2.05, 4.69) is 42.0 Å². The molecule has 0 unspecified atom stereocenters. The molecule has 82 valence electrons. The van der Waals surface area contributed by atoms with E-state index in [-0.39, 0.29) is 0 Å². The van der Waals surface area contributed by atoms with Crippen LogP contribution in [0.2, 0.25) is 5.15 Å². The average molecular weight is 251 g/mol. The maximum absolute atomic E-state index is 5.81. The third-order valence-electron chi connectivity index (χ3n) is 2.15. The Labute approximate surface area is 104 Å². The number of hydrogen-bond donors (Lipinski definition) is 0. The van der Waals surface area contributed by atoms with Crippen LogP contribution in [0.4, 0.5) is 0 Å². The standard InChI is InChI=1S/C12H11ClN2S/c1-8-3-4-10(9(2)5-8)16-12-6-11(13)14-7-15-12/h3-7H,1-2H3. The SMILES string of the molecule is Cc1ccc(Sc2cc(Cl)ncn2)c(C)c1. The highest BCUT2D eigenvalue weighted by Gasteiger charge is 2.03. The fourth-order valence-electron chi connectivity index (χ4n) is 1.40. The minimum atomic E-state index is 0.474. The van der Waals surface area contributed by atoms with Crippen molar-refractivity contribution in [3.63, 3.8) is 0 Å². The molecule has 2 nitrogen and oxygen atoms in total. The van der Waals surface area contributed by atoms with E-state index in [1.165, 1.54) is 22.3 Å². The Balaban J connectivity index is 2.27. The molecule has 16 heavy (non-hydrogen) atoms. The lowest BCUT2D eigenvalue weighted by molar-refractivity contribution is 1.05. The molecule has 0 fully saturated rings. The summed E-state index contributed by atoms with van der Waals surface area (Å²) in [5.41, 5.74) is 2.52. The van der Waals surface area contributed by atoms with Crippen LogP contribution >= 0.6 is 23.4 Å². The first kappa shape index (κ1) is 11.4. The van der Waals surface area contributed by atoms with Crippen LogP contribution in [0.25, 0.3) is 0 Å². The number of benzene rings is 1. The largest absolute Gasteiger partial charge is 0.230 e. The molecule has 0 aliphatic carbocycles. The van der Waals surface area contributed by atoms with Crippen LogP contribution < -0.4 is 0 Å². The Kier molecular flexibility index (Phi) is 3.46. The zero-order valence-electron chi connectivity index (χ0n) is 9.07. The van der Waals surface area contributed by atoms with E-state index in [0.29, 0.717) is 5.15 Å². The van der Waals surface area contributed by atoms with E-state index in [9.17, 15) is 0 Å². The van der Waals surface area contributed by atoms with Crippen molar-refractivity contribution in [3.05, 3.63) is 46.9 Å². The number of halogens is 1. The summed E-state index contributed by atoms with van der Waals surface area (Å²) < 4.78 is 0. The Morgan fingerprint density at radius 3 is 2.62 bits per heavy atom. The number of rotatable bonds is 2. The highest BCUT2D eigenvalue weighted by Crippen LogP contribution is 2.29. The van der Waals surface area contributed by atoms with E-state index in [0.717, 1.165) is 5.03 Å². The van der Waals surface area contributed by atoms with Gasteiger partial charge in [0.15, 0.2) is 0 Å². The number of aryl methyl sites for hydroxylation is 2. The van der Waals surface area contributed by atoms with Crippen molar-refractivity contribution in [1.29, 1.82) is 0 Å². The fraction of sp³-hybridized carbons (Fsp3) is 0.167. The molecule has 0 atom stereocenters. The van der Waals surface area contributed by atoms with Crippen LogP contribution in [-0.4, -0.2) is 9.97 Å². The lowest BCUT2D eigenvalue weighted by atomic mass is 10.2. The molecule has 1 heterocycles.